The summed E-state index contributed by atoms with van der Waals surface area (Å²) >= 11 is 0. The van der Waals surface area contributed by atoms with Crippen LogP contribution in [0.25, 0.3) is 0 Å². The zero-order chi connectivity index (χ0) is 14.2. The third kappa shape index (κ3) is 4.46. The van der Waals surface area contributed by atoms with Crippen LogP contribution in [0.5, 0.6) is 0 Å². The molecular weight excluding hydrogens is 249 g/mol. The summed E-state index contributed by atoms with van der Waals surface area (Å²) in [4.78, 5) is 0. The van der Waals surface area contributed by atoms with Gasteiger partial charge in [0, 0.05) is 6.54 Å². The van der Waals surface area contributed by atoms with Crippen molar-refractivity contribution in [3.63, 3.8) is 0 Å². The molecule has 1 N–H and O–H groups in total. The van der Waals surface area contributed by atoms with Gasteiger partial charge in [-0.2, -0.15) is 0 Å². The predicted molar refractivity (Wildman–Crippen MR) is 82.4 cm³/mol. The second-order valence-corrected chi connectivity index (χ2v) is 5.08. The van der Waals surface area contributed by atoms with E-state index in [0.717, 1.165) is 31.5 Å². The summed E-state index contributed by atoms with van der Waals surface area (Å²) in [6.45, 7) is 4.06. The average molecular weight is 271 g/mol. The molecule has 2 aromatic carbocycles. The maximum atomic E-state index is 13.2. The highest BCUT2D eigenvalue weighted by atomic mass is 19.1. The average Bonchev–Trinajstić information content (AvgIpc) is 2.48. The third-order valence-electron chi connectivity index (χ3n) is 3.58. The van der Waals surface area contributed by atoms with Gasteiger partial charge >= 0.3 is 0 Å². The fraction of sp³-hybridized carbons (Fsp3) is 0.333. The summed E-state index contributed by atoms with van der Waals surface area (Å²) in [7, 11) is 0. The largest absolute Gasteiger partial charge is 0.316 e. The number of halogens is 1. The van der Waals surface area contributed by atoms with Crippen molar-refractivity contribution in [1.82, 2.24) is 5.32 Å². The number of rotatable bonds is 7. The van der Waals surface area contributed by atoms with Crippen LogP contribution in [0.4, 0.5) is 4.39 Å². The second kappa shape index (κ2) is 7.81. The number of likely N-dealkylation sites (N-methyl/N-ethyl adjacent to an activating group) is 1. The van der Waals surface area contributed by atoms with Gasteiger partial charge in [0.15, 0.2) is 0 Å². The van der Waals surface area contributed by atoms with Crippen molar-refractivity contribution in [3.05, 3.63) is 71.5 Å². The summed E-state index contributed by atoms with van der Waals surface area (Å²) < 4.78 is 13.2. The van der Waals surface area contributed by atoms with E-state index in [1.54, 1.807) is 12.1 Å². The second-order valence-electron chi connectivity index (χ2n) is 5.08. The van der Waals surface area contributed by atoms with Crippen LogP contribution in [-0.2, 0) is 6.42 Å². The van der Waals surface area contributed by atoms with Crippen molar-refractivity contribution >= 4 is 0 Å². The van der Waals surface area contributed by atoms with Crippen LogP contribution in [0, 0.1) is 5.82 Å². The van der Waals surface area contributed by atoms with Crippen molar-refractivity contribution < 1.29 is 4.39 Å². The molecule has 1 unspecified atom stereocenters. The van der Waals surface area contributed by atoms with Crippen molar-refractivity contribution in [2.45, 2.75) is 25.7 Å². The molecule has 0 bridgehead atoms. The number of hydrogen-bond acceptors (Lipinski definition) is 1. The molecule has 0 amide bonds. The molecule has 2 aromatic rings. The Morgan fingerprint density at radius 3 is 2.55 bits per heavy atom. The van der Waals surface area contributed by atoms with Gasteiger partial charge in [-0.3, -0.25) is 0 Å². The van der Waals surface area contributed by atoms with Gasteiger partial charge in [0.1, 0.15) is 5.82 Å². The summed E-state index contributed by atoms with van der Waals surface area (Å²) in [5.41, 5.74) is 2.42. The number of nitrogens with one attached hydrogen (secondary N) is 1. The monoisotopic (exact) mass is 271 g/mol. The Morgan fingerprint density at radius 1 is 1.05 bits per heavy atom. The van der Waals surface area contributed by atoms with Gasteiger partial charge in [-0.15, -0.1) is 0 Å². The lowest BCUT2D eigenvalue weighted by molar-refractivity contribution is 0.560. The van der Waals surface area contributed by atoms with E-state index in [-0.39, 0.29) is 5.82 Å². The third-order valence-corrected chi connectivity index (χ3v) is 3.58. The first-order valence-corrected chi connectivity index (χ1v) is 7.29. The molecule has 0 aliphatic rings. The Bertz CT molecular complexity index is 510. The lowest BCUT2D eigenvalue weighted by Crippen LogP contribution is -2.21. The van der Waals surface area contributed by atoms with E-state index in [1.165, 1.54) is 11.6 Å². The van der Waals surface area contributed by atoms with Crippen LogP contribution >= 0.6 is 0 Å². The van der Waals surface area contributed by atoms with Gasteiger partial charge in [-0.05, 0) is 48.6 Å². The molecule has 0 aliphatic heterocycles. The first kappa shape index (κ1) is 14.7. The maximum absolute atomic E-state index is 13.2. The minimum absolute atomic E-state index is 0.148. The zero-order valence-electron chi connectivity index (χ0n) is 12.0. The minimum atomic E-state index is -0.148. The van der Waals surface area contributed by atoms with E-state index in [4.69, 9.17) is 0 Å². The van der Waals surface area contributed by atoms with Gasteiger partial charge in [0.05, 0.1) is 0 Å². The van der Waals surface area contributed by atoms with E-state index in [1.807, 2.05) is 12.1 Å². The van der Waals surface area contributed by atoms with E-state index in [2.05, 4.69) is 36.5 Å². The van der Waals surface area contributed by atoms with Gasteiger partial charge in [-0.25, -0.2) is 4.39 Å². The zero-order valence-corrected chi connectivity index (χ0v) is 12.0. The quantitative estimate of drug-likeness (QED) is 0.797. The number of benzene rings is 2. The molecule has 2 rings (SSSR count). The Labute approximate surface area is 120 Å². The Hall–Kier alpha value is -1.67. The summed E-state index contributed by atoms with van der Waals surface area (Å²) in [5, 5.41) is 3.42. The predicted octanol–water partition coefficient (Wildman–Crippen LogP) is 4.15. The molecule has 106 valence electrons. The molecule has 0 aromatic heterocycles. The molecule has 0 fully saturated rings. The number of aryl methyl sites for hydroxylation is 1. The fourth-order valence-corrected chi connectivity index (χ4v) is 2.46. The maximum Gasteiger partial charge on any atom is 0.123 e. The SMILES string of the molecule is CCNCC(CCc1cccc(F)c1)c1ccccc1. The minimum Gasteiger partial charge on any atom is -0.316 e. The summed E-state index contributed by atoms with van der Waals surface area (Å²) in [6.07, 6.45) is 1.93. The first-order valence-electron chi connectivity index (χ1n) is 7.29. The highest BCUT2D eigenvalue weighted by Gasteiger charge is 2.11. The van der Waals surface area contributed by atoms with Crippen LogP contribution in [-0.4, -0.2) is 13.1 Å². The molecule has 0 aliphatic carbocycles. The van der Waals surface area contributed by atoms with Crippen molar-refractivity contribution in [2.75, 3.05) is 13.1 Å². The molecule has 0 saturated carbocycles. The van der Waals surface area contributed by atoms with Crippen LogP contribution in [0.3, 0.4) is 0 Å². The van der Waals surface area contributed by atoms with E-state index in [9.17, 15) is 4.39 Å². The molecule has 0 saturated heterocycles. The van der Waals surface area contributed by atoms with E-state index in [0.29, 0.717) is 5.92 Å². The molecule has 2 heteroatoms. The Kier molecular flexibility index (Phi) is 5.75. The molecule has 0 radical (unpaired) electrons. The smallest absolute Gasteiger partial charge is 0.123 e. The van der Waals surface area contributed by atoms with Gasteiger partial charge < -0.3 is 5.32 Å². The normalized spacial score (nSPS) is 12.3. The van der Waals surface area contributed by atoms with Gasteiger partial charge in [0.25, 0.3) is 0 Å². The van der Waals surface area contributed by atoms with Crippen LogP contribution < -0.4 is 5.32 Å². The summed E-state index contributed by atoms with van der Waals surface area (Å²) in [5.74, 6) is 0.324. The standard InChI is InChI=1S/C18H22FN/c1-2-20-14-17(16-8-4-3-5-9-16)12-11-15-7-6-10-18(19)13-15/h3-10,13,17,20H,2,11-12,14H2,1H3. The van der Waals surface area contributed by atoms with Gasteiger partial charge in [-0.1, -0.05) is 49.4 Å². The van der Waals surface area contributed by atoms with E-state index >= 15 is 0 Å². The molecule has 1 atom stereocenters. The highest BCUT2D eigenvalue weighted by molar-refractivity contribution is 5.21. The molecular formula is C18H22FN. The van der Waals surface area contributed by atoms with Gasteiger partial charge in [0.2, 0.25) is 0 Å². The van der Waals surface area contributed by atoms with Crippen LogP contribution in [0.1, 0.15) is 30.4 Å². The Balaban J connectivity index is 2.01. The molecule has 0 spiro atoms. The first-order chi connectivity index (χ1) is 9.79. The highest BCUT2D eigenvalue weighted by Crippen LogP contribution is 2.21. The molecule has 20 heavy (non-hydrogen) atoms. The Morgan fingerprint density at radius 2 is 1.85 bits per heavy atom. The van der Waals surface area contributed by atoms with Crippen LogP contribution in [0.15, 0.2) is 54.6 Å². The lowest BCUT2D eigenvalue weighted by Gasteiger charge is -2.18. The lowest BCUT2D eigenvalue weighted by atomic mass is 9.92. The molecule has 1 nitrogen and oxygen atoms in total. The summed E-state index contributed by atoms with van der Waals surface area (Å²) in [6, 6.07) is 17.5. The number of hydrogen-bond donors (Lipinski definition) is 1. The van der Waals surface area contributed by atoms with Crippen LogP contribution in [0.2, 0.25) is 0 Å². The topological polar surface area (TPSA) is 12.0 Å². The van der Waals surface area contributed by atoms with E-state index < -0.39 is 0 Å². The van der Waals surface area contributed by atoms with Crippen molar-refractivity contribution in [1.29, 1.82) is 0 Å². The molecule has 0 heterocycles. The van der Waals surface area contributed by atoms with Crippen molar-refractivity contribution in [2.24, 2.45) is 0 Å². The fourth-order valence-electron chi connectivity index (χ4n) is 2.46. The van der Waals surface area contributed by atoms with Crippen molar-refractivity contribution in [3.8, 4) is 0 Å².